The van der Waals surface area contributed by atoms with Gasteiger partial charge >= 0.3 is 0 Å². The lowest BCUT2D eigenvalue weighted by molar-refractivity contribution is -0.0597. The predicted molar refractivity (Wildman–Crippen MR) is 100 cm³/mol. The standard InChI is InChI=1S/C20H30N4O2/c1-4-20(26)8-5-6-13-10-24(11-15(13)20)18-14-7-9-21-19(25)16(14)22-17(23-18)12(2)3/h12-13,15,26H,4-11H2,1-3H3,(H,21,25)/t13-,15+,20-/m0/s1. The van der Waals surface area contributed by atoms with E-state index in [2.05, 4.69) is 36.0 Å². The van der Waals surface area contributed by atoms with E-state index in [1.807, 2.05) is 0 Å². The maximum absolute atomic E-state index is 12.4. The molecule has 3 heterocycles. The Morgan fingerprint density at radius 1 is 1.35 bits per heavy atom. The van der Waals surface area contributed by atoms with E-state index in [0.717, 1.165) is 56.0 Å². The number of carbonyl (C=O) groups is 1. The fourth-order valence-electron chi connectivity index (χ4n) is 5.05. The summed E-state index contributed by atoms with van der Waals surface area (Å²) in [4.78, 5) is 24.1. The molecule has 0 spiro atoms. The second-order valence-corrected chi connectivity index (χ2v) is 8.51. The molecule has 1 aromatic heterocycles. The topological polar surface area (TPSA) is 78.3 Å². The van der Waals surface area contributed by atoms with Crippen molar-refractivity contribution in [2.24, 2.45) is 11.8 Å². The molecule has 3 aliphatic rings. The first-order chi connectivity index (χ1) is 12.4. The van der Waals surface area contributed by atoms with Crippen molar-refractivity contribution < 1.29 is 9.90 Å². The molecule has 0 aromatic carbocycles. The second kappa shape index (κ2) is 6.48. The number of anilines is 1. The number of amides is 1. The van der Waals surface area contributed by atoms with Crippen LogP contribution < -0.4 is 10.2 Å². The van der Waals surface area contributed by atoms with Gasteiger partial charge in [-0.25, -0.2) is 9.97 Å². The molecule has 0 unspecified atom stereocenters. The zero-order valence-corrected chi connectivity index (χ0v) is 16.1. The maximum Gasteiger partial charge on any atom is 0.270 e. The first-order valence-electron chi connectivity index (χ1n) is 10.1. The number of hydrogen-bond donors (Lipinski definition) is 2. The van der Waals surface area contributed by atoms with E-state index in [0.29, 0.717) is 24.1 Å². The van der Waals surface area contributed by atoms with E-state index in [4.69, 9.17) is 4.98 Å². The summed E-state index contributed by atoms with van der Waals surface area (Å²) in [5, 5.41) is 14.0. The molecule has 0 radical (unpaired) electrons. The van der Waals surface area contributed by atoms with E-state index < -0.39 is 5.60 Å². The van der Waals surface area contributed by atoms with Crippen molar-refractivity contribution in [3.05, 3.63) is 17.1 Å². The third kappa shape index (κ3) is 2.79. The van der Waals surface area contributed by atoms with Crippen molar-refractivity contribution >= 4 is 11.7 Å². The van der Waals surface area contributed by atoms with Crippen molar-refractivity contribution in [1.82, 2.24) is 15.3 Å². The highest BCUT2D eigenvalue weighted by Gasteiger charge is 2.48. The van der Waals surface area contributed by atoms with Crippen LogP contribution in [-0.4, -0.2) is 46.2 Å². The van der Waals surface area contributed by atoms with E-state index in [-0.39, 0.29) is 11.8 Å². The number of aliphatic hydroxyl groups is 1. The van der Waals surface area contributed by atoms with Gasteiger partial charge in [-0.3, -0.25) is 4.79 Å². The Labute approximate surface area is 155 Å². The fraction of sp³-hybridized carbons (Fsp3) is 0.750. The Hall–Kier alpha value is -1.69. The molecule has 1 saturated heterocycles. The number of carbonyl (C=O) groups excluding carboxylic acids is 1. The van der Waals surface area contributed by atoms with Gasteiger partial charge in [-0.1, -0.05) is 27.2 Å². The number of hydrogen-bond acceptors (Lipinski definition) is 5. The van der Waals surface area contributed by atoms with Crippen molar-refractivity contribution in [2.45, 2.75) is 64.4 Å². The minimum atomic E-state index is -0.553. The van der Waals surface area contributed by atoms with Crippen molar-refractivity contribution in [1.29, 1.82) is 0 Å². The van der Waals surface area contributed by atoms with E-state index >= 15 is 0 Å². The Morgan fingerprint density at radius 2 is 2.15 bits per heavy atom. The van der Waals surface area contributed by atoms with Crippen LogP contribution in [0.3, 0.4) is 0 Å². The molecule has 1 saturated carbocycles. The lowest BCUT2D eigenvalue weighted by atomic mass is 9.69. The summed E-state index contributed by atoms with van der Waals surface area (Å²) in [6.45, 7) is 8.62. The highest BCUT2D eigenvalue weighted by atomic mass is 16.3. The quantitative estimate of drug-likeness (QED) is 0.867. The van der Waals surface area contributed by atoms with Crippen LogP contribution in [0.1, 0.15) is 74.2 Å². The smallest absolute Gasteiger partial charge is 0.270 e. The normalized spacial score (nSPS) is 31.0. The molecule has 1 aliphatic carbocycles. The first kappa shape index (κ1) is 17.7. The van der Waals surface area contributed by atoms with Gasteiger partial charge < -0.3 is 15.3 Å². The number of nitrogens with one attached hydrogen (secondary N) is 1. The van der Waals surface area contributed by atoms with E-state index in [9.17, 15) is 9.90 Å². The molecule has 3 atom stereocenters. The molecule has 4 rings (SSSR count). The molecule has 2 fully saturated rings. The first-order valence-corrected chi connectivity index (χ1v) is 10.1. The summed E-state index contributed by atoms with van der Waals surface area (Å²) in [6.07, 6.45) is 4.76. The molecular weight excluding hydrogens is 328 g/mol. The minimum Gasteiger partial charge on any atom is -0.390 e. The van der Waals surface area contributed by atoms with Crippen LogP contribution in [0.4, 0.5) is 5.82 Å². The largest absolute Gasteiger partial charge is 0.390 e. The van der Waals surface area contributed by atoms with Gasteiger partial charge in [0.1, 0.15) is 17.3 Å². The average molecular weight is 358 g/mol. The van der Waals surface area contributed by atoms with Gasteiger partial charge in [0.15, 0.2) is 0 Å². The molecule has 2 N–H and O–H groups in total. The molecular formula is C20H30N4O2. The van der Waals surface area contributed by atoms with Gasteiger partial charge in [-0.15, -0.1) is 0 Å². The van der Waals surface area contributed by atoms with Crippen molar-refractivity contribution in [2.75, 3.05) is 24.5 Å². The summed E-state index contributed by atoms with van der Waals surface area (Å²) >= 11 is 0. The van der Waals surface area contributed by atoms with E-state index in [1.165, 1.54) is 6.42 Å². The predicted octanol–water partition coefficient (Wildman–Crippen LogP) is 2.26. The number of fused-ring (bicyclic) bond motifs is 2. The molecule has 2 aliphatic heterocycles. The van der Waals surface area contributed by atoms with Crippen LogP contribution in [-0.2, 0) is 6.42 Å². The Balaban J connectivity index is 1.73. The molecule has 1 amide bonds. The fourth-order valence-corrected chi connectivity index (χ4v) is 5.05. The van der Waals surface area contributed by atoms with Crippen LogP contribution in [0.15, 0.2) is 0 Å². The second-order valence-electron chi connectivity index (χ2n) is 8.51. The lowest BCUT2D eigenvalue weighted by Gasteiger charge is -2.40. The zero-order valence-electron chi connectivity index (χ0n) is 16.1. The van der Waals surface area contributed by atoms with Crippen molar-refractivity contribution in [3.8, 4) is 0 Å². The Kier molecular flexibility index (Phi) is 4.41. The molecule has 6 heteroatoms. The van der Waals surface area contributed by atoms with Gasteiger partial charge in [0.05, 0.1) is 5.60 Å². The van der Waals surface area contributed by atoms with Crippen LogP contribution in [0.25, 0.3) is 0 Å². The molecule has 142 valence electrons. The number of nitrogens with zero attached hydrogens (tertiary/aromatic N) is 3. The molecule has 6 nitrogen and oxygen atoms in total. The summed E-state index contributed by atoms with van der Waals surface area (Å²) < 4.78 is 0. The van der Waals surface area contributed by atoms with Gasteiger partial charge in [0.2, 0.25) is 0 Å². The number of aromatic nitrogens is 2. The third-order valence-electron chi connectivity index (χ3n) is 6.62. The van der Waals surface area contributed by atoms with Gasteiger partial charge in [0.25, 0.3) is 5.91 Å². The average Bonchev–Trinajstić information content (AvgIpc) is 3.07. The van der Waals surface area contributed by atoms with Gasteiger partial charge in [0, 0.05) is 37.0 Å². The summed E-state index contributed by atoms with van der Waals surface area (Å²) in [5.41, 5.74) is 0.977. The van der Waals surface area contributed by atoms with Crippen molar-refractivity contribution in [3.63, 3.8) is 0 Å². The molecule has 26 heavy (non-hydrogen) atoms. The molecule has 0 bridgehead atoms. The van der Waals surface area contributed by atoms with Crippen LogP contribution in [0, 0.1) is 11.8 Å². The number of rotatable bonds is 3. The van der Waals surface area contributed by atoms with Gasteiger partial charge in [-0.05, 0) is 31.6 Å². The van der Waals surface area contributed by atoms with E-state index in [1.54, 1.807) is 0 Å². The van der Waals surface area contributed by atoms with Crippen LogP contribution >= 0.6 is 0 Å². The Morgan fingerprint density at radius 3 is 2.88 bits per heavy atom. The third-order valence-corrected chi connectivity index (χ3v) is 6.62. The zero-order chi connectivity index (χ0) is 18.5. The Bertz CT molecular complexity index is 720. The summed E-state index contributed by atoms with van der Waals surface area (Å²) in [7, 11) is 0. The summed E-state index contributed by atoms with van der Waals surface area (Å²) in [6, 6.07) is 0. The lowest BCUT2D eigenvalue weighted by Crippen LogP contribution is -2.44. The van der Waals surface area contributed by atoms with Gasteiger partial charge in [-0.2, -0.15) is 0 Å². The summed E-state index contributed by atoms with van der Waals surface area (Å²) in [5.74, 6) is 2.56. The molecule has 1 aromatic rings. The minimum absolute atomic E-state index is 0.0847. The van der Waals surface area contributed by atoms with Crippen LogP contribution in [0.5, 0.6) is 0 Å². The monoisotopic (exact) mass is 358 g/mol. The maximum atomic E-state index is 12.4. The highest BCUT2D eigenvalue weighted by molar-refractivity contribution is 5.96. The SMILES string of the molecule is CC[C@]1(O)CCC[C@H]2CN(c3nc(C(C)C)nc4c3CCNC4=O)C[C@H]21. The highest BCUT2D eigenvalue weighted by Crippen LogP contribution is 2.45. The van der Waals surface area contributed by atoms with Crippen LogP contribution in [0.2, 0.25) is 0 Å².